The summed E-state index contributed by atoms with van der Waals surface area (Å²) in [6, 6.07) is 0.531. The van der Waals surface area contributed by atoms with Crippen molar-refractivity contribution in [2.24, 2.45) is 5.92 Å². The van der Waals surface area contributed by atoms with Crippen LogP contribution in [0.2, 0.25) is 0 Å². The Kier molecular flexibility index (Phi) is 5.00. The third-order valence-electron chi connectivity index (χ3n) is 4.18. The highest BCUT2D eigenvalue weighted by Crippen LogP contribution is 2.32. The maximum Gasteiger partial charge on any atom is 0.410 e. The van der Waals surface area contributed by atoms with Crippen molar-refractivity contribution in [3.8, 4) is 0 Å². The molecule has 0 aromatic heterocycles. The van der Waals surface area contributed by atoms with E-state index in [4.69, 9.17) is 9.47 Å². The average Bonchev–Trinajstić information content (AvgIpc) is 2.96. The minimum Gasteiger partial charge on any atom is -0.466 e. The lowest BCUT2D eigenvalue weighted by molar-refractivity contribution is -0.148. The van der Waals surface area contributed by atoms with E-state index in [1.165, 1.54) is 0 Å². The van der Waals surface area contributed by atoms with Crippen molar-refractivity contribution in [2.75, 3.05) is 26.2 Å². The van der Waals surface area contributed by atoms with Gasteiger partial charge in [-0.15, -0.1) is 0 Å². The Morgan fingerprint density at radius 2 is 1.91 bits per heavy atom. The first kappa shape index (κ1) is 17.1. The Morgan fingerprint density at radius 3 is 2.41 bits per heavy atom. The van der Waals surface area contributed by atoms with Gasteiger partial charge in [0.05, 0.1) is 12.5 Å². The maximum absolute atomic E-state index is 12.2. The third kappa shape index (κ3) is 3.91. The Labute approximate surface area is 132 Å². The number of hydrogen-bond acceptors (Lipinski definition) is 5. The smallest absolute Gasteiger partial charge is 0.410 e. The van der Waals surface area contributed by atoms with E-state index in [1.54, 1.807) is 0 Å². The van der Waals surface area contributed by atoms with Crippen LogP contribution in [0.3, 0.4) is 0 Å². The number of piperazine rings is 1. The van der Waals surface area contributed by atoms with Crippen molar-refractivity contribution in [3.05, 3.63) is 0 Å². The van der Waals surface area contributed by atoms with E-state index in [0.29, 0.717) is 25.7 Å². The Balaban J connectivity index is 1.85. The molecule has 3 atom stereocenters. The quantitative estimate of drug-likeness (QED) is 0.742. The van der Waals surface area contributed by atoms with Crippen LogP contribution in [0.5, 0.6) is 0 Å². The van der Waals surface area contributed by atoms with Gasteiger partial charge in [-0.1, -0.05) is 6.92 Å². The summed E-state index contributed by atoms with van der Waals surface area (Å²) >= 11 is 0. The molecule has 2 saturated heterocycles. The summed E-state index contributed by atoms with van der Waals surface area (Å²) in [7, 11) is 0. The van der Waals surface area contributed by atoms with E-state index >= 15 is 0 Å². The third-order valence-corrected chi connectivity index (χ3v) is 4.18. The second-order valence-electron chi connectivity index (χ2n) is 7.28. The van der Waals surface area contributed by atoms with Crippen LogP contribution in [0, 0.1) is 5.92 Å². The van der Waals surface area contributed by atoms with E-state index < -0.39 is 5.60 Å². The van der Waals surface area contributed by atoms with Gasteiger partial charge in [0, 0.05) is 31.7 Å². The van der Waals surface area contributed by atoms with Gasteiger partial charge in [-0.25, -0.2) is 4.79 Å². The maximum atomic E-state index is 12.2. The number of hydrogen-bond donors (Lipinski definition) is 0. The summed E-state index contributed by atoms with van der Waals surface area (Å²) in [5.41, 5.74) is -0.461. The summed E-state index contributed by atoms with van der Waals surface area (Å²) in [4.78, 5) is 28.1. The number of amides is 1. The van der Waals surface area contributed by atoms with Gasteiger partial charge in [0.15, 0.2) is 0 Å². The van der Waals surface area contributed by atoms with Gasteiger partial charge >= 0.3 is 12.1 Å². The van der Waals surface area contributed by atoms with Crippen LogP contribution in [0.4, 0.5) is 4.79 Å². The fraction of sp³-hybridized carbons (Fsp3) is 0.875. The van der Waals surface area contributed by atoms with Gasteiger partial charge < -0.3 is 14.4 Å². The fourth-order valence-corrected chi connectivity index (χ4v) is 3.23. The standard InChI is InChI=1S/C16H28N2O4/c1-6-21-14(19)11(2)8-17-9-13-7-12(17)10-18(13)15(20)22-16(3,4)5/h11-13H,6-10H2,1-5H3. The highest BCUT2D eigenvalue weighted by atomic mass is 16.6. The van der Waals surface area contributed by atoms with E-state index in [1.807, 2.05) is 39.5 Å². The summed E-state index contributed by atoms with van der Waals surface area (Å²) in [6.07, 6.45) is 0.743. The largest absolute Gasteiger partial charge is 0.466 e. The lowest BCUT2D eigenvalue weighted by Gasteiger charge is -2.35. The van der Waals surface area contributed by atoms with Crippen molar-refractivity contribution >= 4 is 12.1 Å². The Morgan fingerprint density at radius 1 is 1.23 bits per heavy atom. The molecule has 6 heteroatoms. The van der Waals surface area contributed by atoms with Gasteiger partial charge in [0.1, 0.15) is 5.60 Å². The molecule has 126 valence electrons. The number of fused-ring (bicyclic) bond motifs is 2. The van der Waals surface area contributed by atoms with E-state index in [2.05, 4.69) is 4.90 Å². The predicted molar refractivity (Wildman–Crippen MR) is 82.5 cm³/mol. The molecule has 2 rings (SSSR count). The lowest BCUT2D eigenvalue weighted by Crippen LogP contribution is -2.51. The van der Waals surface area contributed by atoms with Gasteiger partial charge in [-0.3, -0.25) is 9.69 Å². The van der Waals surface area contributed by atoms with Crippen molar-refractivity contribution in [1.82, 2.24) is 9.80 Å². The minimum atomic E-state index is -0.461. The summed E-state index contributed by atoms with van der Waals surface area (Å²) < 4.78 is 10.5. The first-order chi connectivity index (χ1) is 10.2. The van der Waals surface area contributed by atoms with Crippen LogP contribution in [-0.4, -0.2) is 65.8 Å². The number of nitrogens with zero attached hydrogens (tertiary/aromatic N) is 2. The minimum absolute atomic E-state index is 0.130. The summed E-state index contributed by atoms with van der Waals surface area (Å²) in [6.45, 7) is 12.0. The molecule has 22 heavy (non-hydrogen) atoms. The number of esters is 1. The lowest BCUT2D eigenvalue weighted by atomic mass is 10.1. The van der Waals surface area contributed by atoms with Gasteiger partial charge in [-0.05, 0) is 34.1 Å². The van der Waals surface area contributed by atoms with Crippen LogP contribution >= 0.6 is 0 Å². The molecule has 3 unspecified atom stereocenters. The normalized spacial score (nSPS) is 26.1. The van der Waals surface area contributed by atoms with Crippen LogP contribution < -0.4 is 0 Å². The molecule has 6 nitrogen and oxygen atoms in total. The second-order valence-corrected chi connectivity index (χ2v) is 7.28. The molecule has 0 radical (unpaired) electrons. The topological polar surface area (TPSA) is 59.1 Å². The second kappa shape index (κ2) is 6.44. The first-order valence-corrected chi connectivity index (χ1v) is 8.11. The van der Waals surface area contributed by atoms with E-state index in [-0.39, 0.29) is 24.0 Å². The number of carbonyl (C=O) groups is 2. The highest BCUT2D eigenvalue weighted by molar-refractivity contribution is 5.72. The van der Waals surface area contributed by atoms with Gasteiger partial charge in [-0.2, -0.15) is 0 Å². The van der Waals surface area contributed by atoms with E-state index in [9.17, 15) is 9.59 Å². The average molecular weight is 312 g/mol. The molecule has 1 amide bonds. The molecule has 0 aliphatic carbocycles. The molecule has 0 N–H and O–H groups in total. The van der Waals surface area contributed by atoms with Crippen LogP contribution in [0.25, 0.3) is 0 Å². The van der Waals surface area contributed by atoms with Crippen LogP contribution in [0.1, 0.15) is 41.0 Å². The molecule has 2 fully saturated rings. The van der Waals surface area contributed by atoms with Crippen molar-refractivity contribution in [3.63, 3.8) is 0 Å². The highest BCUT2D eigenvalue weighted by Gasteiger charge is 2.46. The molecule has 0 aromatic rings. The SMILES string of the molecule is CCOC(=O)C(C)CN1CC2CC1CN2C(=O)OC(C)(C)C. The molecule has 2 bridgehead atoms. The van der Waals surface area contributed by atoms with Crippen molar-refractivity contribution in [2.45, 2.75) is 58.7 Å². The molecule has 0 saturated carbocycles. The Hall–Kier alpha value is -1.30. The molecule has 0 spiro atoms. The van der Waals surface area contributed by atoms with Crippen LogP contribution in [-0.2, 0) is 14.3 Å². The molecular weight excluding hydrogens is 284 g/mol. The van der Waals surface area contributed by atoms with Gasteiger partial charge in [0.2, 0.25) is 0 Å². The molecule has 0 aromatic carbocycles. The molecule has 2 heterocycles. The zero-order valence-corrected chi connectivity index (χ0v) is 14.3. The van der Waals surface area contributed by atoms with Gasteiger partial charge in [0.25, 0.3) is 0 Å². The summed E-state index contributed by atoms with van der Waals surface area (Å²) in [5.74, 6) is -0.274. The monoisotopic (exact) mass is 312 g/mol. The molecule has 2 aliphatic heterocycles. The van der Waals surface area contributed by atoms with Crippen LogP contribution in [0.15, 0.2) is 0 Å². The Bertz CT molecular complexity index is 432. The fourth-order valence-electron chi connectivity index (χ4n) is 3.23. The van der Waals surface area contributed by atoms with Crippen molar-refractivity contribution in [1.29, 1.82) is 0 Å². The zero-order chi connectivity index (χ0) is 16.5. The molecule has 2 aliphatic rings. The number of ether oxygens (including phenoxy) is 2. The number of carbonyl (C=O) groups excluding carboxylic acids is 2. The predicted octanol–water partition coefficient (Wildman–Crippen LogP) is 1.88. The van der Waals surface area contributed by atoms with E-state index in [0.717, 1.165) is 13.0 Å². The molecular formula is C16H28N2O4. The first-order valence-electron chi connectivity index (χ1n) is 8.11. The number of likely N-dealkylation sites (tertiary alicyclic amines) is 2. The summed E-state index contributed by atoms with van der Waals surface area (Å²) in [5, 5.41) is 0. The van der Waals surface area contributed by atoms with Crippen molar-refractivity contribution < 1.29 is 19.1 Å². The number of rotatable bonds is 4. The zero-order valence-electron chi connectivity index (χ0n) is 14.3.